The highest BCUT2D eigenvalue weighted by molar-refractivity contribution is 5.85. The maximum absolute atomic E-state index is 11.6. The van der Waals surface area contributed by atoms with E-state index >= 15 is 0 Å². The van der Waals surface area contributed by atoms with Crippen LogP contribution in [-0.2, 0) is 4.79 Å². The second kappa shape index (κ2) is 6.42. The molecule has 4 nitrogen and oxygen atoms in total. The Hall–Kier alpha value is -0.320. The fourth-order valence-corrected chi connectivity index (χ4v) is 2.13. The van der Waals surface area contributed by atoms with E-state index in [1.54, 1.807) is 0 Å². The average Bonchev–Trinajstić information content (AvgIpc) is 3.03. The minimum atomic E-state index is 0. The van der Waals surface area contributed by atoms with E-state index in [1.807, 2.05) is 4.90 Å². The smallest absolute Gasteiger partial charge is 0.223 e. The fourth-order valence-electron chi connectivity index (χ4n) is 2.13. The zero-order valence-electron chi connectivity index (χ0n) is 9.73. The van der Waals surface area contributed by atoms with Crippen molar-refractivity contribution in [2.75, 3.05) is 39.3 Å². The summed E-state index contributed by atoms with van der Waals surface area (Å²) in [6.45, 7) is 5.61. The summed E-state index contributed by atoms with van der Waals surface area (Å²) < 4.78 is 0. The fraction of sp³-hybridized carbons (Fsp3) is 0.909. The lowest BCUT2D eigenvalue weighted by Crippen LogP contribution is -2.49. The Morgan fingerprint density at radius 1 is 1.19 bits per heavy atom. The molecule has 0 aromatic carbocycles. The highest BCUT2D eigenvalue weighted by atomic mass is 35.5. The average molecular weight is 248 g/mol. The quantitative estimate of drug-likeness (QED) is 0.778. The van der Waals surface area contributed by atoms with Crippen molar-refractivity contribution in [3.8, 4) is 0 Å². The van der Waals surface area contributed by atoms with Gasteiger partial charge in [-0.2, -0.15) is 0 Å². The molecule has 2 fully saturated rings. The van der Waals surface area contributed by atoms with Crippen LogP contribution in [0.2, 0.25) is 0 Å². The van der Waals surface area contributed by atoms with Crippen LogP contribution < -0.4 is 5.73 Å². The number of carbonyl (C=O) groups is 1. The van der Waals surface area contributed by atoms with Gasteiger partial charge in [0.1, 0.15) is 0 Å². The van der Waals surface area contributed by atoms with Crippen molar-refractivity contribution >= 4 is 18.3 Å². The Balaban J connectivity index is 0.00000128. The van der Waals surface area contributed by atoms with Gasteiger partial charge >= 0.3 is 0 Å². The molecule has 5 heteroatoms. The number of amides is 1. The third-order valence-electron chi connectivity index (χ3n) is 3.30. The second-order valence-corrected chi connectivity index (χ2v) is 4.66. The van der Waals surface area contributed by atoms with Gasteiger partial charge in [0, 0.05) is 45.7 Å². The summed E-state index contributed by atoms with van der Waals surface area (Å²) in [6, 6.07) is 0. The van der Waals surface area contributed by atoms with Crippen molar-refractivity contribution in [2.24, 2.45) is 11.7 Å². The SMILES string of the molecule is Cl.NCCC(=O)N1CCN(CC2CC2)CC1. The van der Waals surface area contributed by atoms with Crippen molar-refractivity contribution in [3.05, 3.63) is 0 Å². The zero-order valence-corrected chi connectivity index (χ0v) is 10.5. The van der Waals surface area contributed by atoms with Crippen molar-refractivity contribution in [1.82, 2.24) is 9.80 Å². The van der Waals surface area contributed by atoms with E-state index in [-0.39, 0.29) is 18.3 Å². The second-order valence-electron chi connectivity index (χ2n) is 4.66. The molecule has 0 aromatic heterocycles. The molecule has 2 aliphatic rings. The van der Waals surface area contributed by atoms with Crippen LogP contribution >= 0.6 is 12.4 Å². The molecule has 2 N–H and O–H groups in total. The standard InChI is InChI=1S/C11H21N3O.ClH/c12-4-3-11(15)14-7-5-13(6-8-14)9-10-1-2-10;/h10H,1-9,12H2;1H. The van der Waals surface area contributed by atoms with E-state index in [9.17, 15) is 4.79 Å². The third kappa shape index (κ3) is 3.92. The highest BCUT2D eigenvalue weighted by Crippen LogP contribution is 2.29. The van der Waals surface area contributed by atoms with Gasteiger partial charge < -0.3 is 10.6 Å². The van der Waals surface area contributed by atoms with Crippen LogP contribution in [-0.4, -0.2) is 55.0 Å². The third-order valence-corrected chi connectivity index (χ3v) is 3.30. The largest absolute Gasteiger partial charge is 0.340 e. The van der Waals surface area contributed by atoms with Crippen LogP contribution in [0, 0.1) is 5.92 Å². The van der Waals surface area contributed by atoms with Gasteiger partial charge in [-0.25, -0.2) is 0 Å². The molecule has 1 aliphatic carbocycles. The van der Waals surface area contributed by atoms with Crippen molar-refractivity contribution in [1.29, 1.82) is 0 Å². The molecule has 16 heavy (non-hydrogen) atoms. The normalized spacial score (nSPS) is 21.7. The van der Waals surface area contributed by atoms with Crippen LogP contribution in [0.15, 0.2) is 0 Å². The monoisotopic (exact) mass is 247 g/mol. The molecule has 1 saturated heterocycles. The number of hydrogen-bond donors (Lipinski definition) is 1. The summed E-state index contributed by atoms with van der Waals surface area (Å²) in [4.78, 5) is 16.0. The van der Waals surface area contributed by atoms with Gasteiger partial charge in [-0.1, -0.05) is 0 Å². The topological polar surface area (TPSA) is 49.6 Å². The van der Waals surface area contributed by atoms with Gasteiger partial charge in [0.2, 0.25) is 5.91 Å². The summed E-state index contributed by atoms with van der Waals surface area (Å²) in [5.41, 5.74) is 5.38. The number of nitrogens with two attached hydrogens (primary N) is 1. The summed E-state index contributed by atoms with van der Waals surface area (Å²) in [6.07, 6.45) is 3.32. The molecule has 0 aromatic rings. The van der Waals surface area contributed by atoms with E-state index in [1.165, 1.54) is 19.4 Å². The van der Waals surface area contributed by atoms with Crippen molar-refractivity contribution in [2.45, 2.75) is 19.3 Å². The van der Waals surface area contributed by atoms with Gasteiger partial charge in [0.25, 0.3) is 0 Å². The molecule has 0 bridgehead atoms. The first-order valence-electron chi connectivity index (χ1n) is 6.00. The molecular weight excluding hydrogens is 226 g/mol. The molecule has 1 heterocycles. The Kier molecular flexibility index (Phi) is 5.52. The predicted molar refractivity (Wildman–Crippen MR) is 66.7 cm³/mol. The number of piperazine rings is 1. The van der Waals surface area contributed by atoms with E-state index in [4.69, 9.17) is 5.73 Å². The lowest BCUT2D eigenvalue weighted by molar-refractivity contribution is -0.132. The van der Waals surface area contributed by atoms with Gasteiger partial charge in [0.05, 0.1) is 0 Å². The molecule has 0 radical (unpaired) electrons. The lowest BCUT2D eigenvalue weighted by Gasteiger charge is -2.34. The number of carbonyl (C=O) groups excluding carboxylic acids is 1. The summed E-state index contributed by atoms with van der Waals surface area (Å²) in [5.74, 6) is 1.18. The maximum atomic E-state index is 11.6. The van der Waals surface area contributed by atoms with Gasteiger partial charge in [-0.3, -0.25) is 9.69 Å². The maximum Gasteiger partial charge on any atom is 0.223 e. The van der Waals surface area contributed by atoms with E-state index in [0.717, 1.165) is 32.1 Å². The Morgan fingerprint density at radius 2 is 1.81 bits per heavy atom. The molecule has 2 rings (SSSR count). The van der Waals surface area contributed by atoms with Crippen LogP contribution in [0.4, 0.5) is 0 Å². The molecular formula is C11H22ClN3O. The predicted octanol–water partition coefficient (Wildman–Crippen LogP) is 0.311. The van der Waals surface area contributed by atoms with Crippen LogP contribution in [0.25, 0.3) is 0 Å². The van der Waals surface area contributed by atoms with Gasteiger partial charge in [-0.05, 0) is 18.8 Å². The molecule has 1 aliphatic heterocycles. The number of nitrogens with zero attached hydrogens (tertiary/aromatic N) is 2. The van der Waals surface area contributed by atoms with Gasteiger partial charge in [-0.15, -0.1) is 12.4 Å². The zero-order chi connectivity index (χ0) is 10.7. The number of rotatable bonds is 4. The van der Waals surface area contributed by atoms with Crippen LogP contribution in [0.5, 0.6) is 0 Å². The van der Waals surface area contributed by atoms with Gasteiger partial charge in [0.15, 0.2) is 0 Å². The first kappa shape index (κ1) is 13.7. The molecule has 0 spiro atoms. The lowest BCUT2D eigenvalue weighted by atomic mass is 10.2. The molecule has 0 unspecified atom stereocenters. The van der Waals surface area contributed by atoms with Crippen molar-refractivity contribution < 1.29 is 4.79 Å². The molecule has 94 valence electrons. The Morgan fingerprint density at radius 3 is 2.31 bits per heavy atom. The van der Waals surface area contributed by atoms with E-state index < -0.39 is 0 Å². The molecule has 1 amide bonds. The number of hydrogen-bond acceptors (Lipinski definition) is 3. The summed E-state index contributed by atoms with van der Waals surface area (Å²) >= 11 is 0. The Bertz CT molecular complexity index is 225. The van der Waals surface area contributed by atoms with Crippen LogP contribution in [0.3, 0.4) is 0 Å². The first-order chi connectivity index (χ1) is 7.29. The van der Waals surface area contributed by atoms with E-state index in [2.05, 4.69) is 4.90 Å². The highest BCUT2D eigenvalue weighted by Gasteiger charge is 2.27. The van der Waals surface area contributed by atoms with E-state index in [0.29, 0.717) is 13.0 Å². The van der Waals surface area contributed by atoms with Crippen LogP contribution in [0.1, 0.15) is 19.3 Å². The first-order valence-corrected chi connectivity index (χ1v) is 6.00. The Labute approximate surface area is 104 Å². The molecule has 0 atom stereocenters. The minimum absolute atomic E-state index is 0. The minimum Gasteiger partial charge on any atom is -0.340 e. The summed E-state index contributed by atoms with van der Waals surface area (Å²) in [7, 11) is 0. The summed E-state index contributed by atoms with van der Waals surface area (Å²) in [5, 5.41) is 0. The van der Waals surface area contributed by atoms with Crippen molar-refractivity contribution in [3.63, 3.8) is 0 Å². The number of halogens is 1. The molecule has 1 saturated carbocycles.